The number of hydrogen-bond donors (Lipinski definition) is 1. The van der Waals surface area contributed by atoms with Crippen molar-refractivity contribution in [3.8, 4) is 5.75 Å². The zero-order chi connectivity index (χ0) is 25.0. The highest BCUT2D eigenvalue weighted by atomic mass is 79.9. The van der Waals surface area contributed by atoms with Gasteiger partial charge in [0.25, 0.3) is 15.9 Å². The maximum absolute atomic E-state index is 12.8. The summed E-state index contributed by atoms with van der Waals surface area (Å²) in [6.45, 7) is 0. The second-order valence-electron chi connectivity index (χ2n) is 7.80. The van der Waals surface area contributed by atoms with Crippen molar-refractivity contribution in [1.29, 1.82) is 0 Å². The van der Waals surface area contributed by atoms with E-state index in [4.69, 9.17) is 16.3 Å². The molecule has 35 heavy (non-hydrogen) atoms. The van der Waals surface area contributed by atoms with Gasteiger partial charge in [-0.25, -0.2) is 13.1 Å². The Morgan fingerprint density at radius 2 is 1.77 bits per heavy atom. The summed E-state index contributed by atoms with van der Waals surface area (Å²) in [7, 11) is -2.79. The predicted octanol–water partition coefficient (Wildman–Crippen LogP) is 6.37. The van der Waals surface area contributed by atoms with Crippen molar-refractivity contribution in [2.24, 2.45) is 0 Å². The van der Waals surface area contributed by atoms with Gasteiger partial charge in [0.15, 0.2) is 0 Å². The lowest BCUT2D eigenvalue weighted by molar-refractivity contribution is -0.114. The Kier molecular flexibility index (Phi) is 7.60. The Hall–Kier alpha value is -3.13. The number of benzene rings is 4. The third-order valence-electron chi connectivity index (χ3n) is 5.38. The lowest BCUT2D eigenvalue weighted by Gasteiger charge is -2.10. The van der Waals surface area contributed by atoms with Crippen LogP contribution >= 0.6 is 27.5 Å². The molecule has 178 valence electrons. The van der Waals surface area contributed by atoms with Crippen molar-refractivity contribution in [2.45, 2.75) is 11.3 Å². The minimum absolute atomic E-state index is 0.130. The van der Waals surface area contributed by atoms with E-state index in [1.54, 1.807) is 24.3 Å². The molecule has 0 unspecified atom stereocenters. The summed E-state index contributed by atoms with van der Waals surface area (Å²) < 4.78 is 33.3. The maximum atomic E-state index is 12.8. The van der Waals surface area contributed by atoms with E-state index in [1.807, 2.05) is 18.2 Å². The van der Waals surface area contributed by atoms with Gasteiger partial charge in [0.1, 0.15) is 10.6 Å². The molecule has 0 aliphatic heterocycles. The number of hydrogen-bond acceptors (Lipinski definition) is 4. The molecule has 1 amide bonds. The van der Waals surface area contributed by atoms with Crippen LogP contribution in [0.25, 0.3) is 16.8 Å². The summed E-state index contributed by atoms with van der Waals surface area (Å²) in [5.41, 5.74) is 2.78. The largest absolute Gasteiger partial charge is 0.495 e. The van der Waals surface area contributed by atoms with Crippen LogP contribution < -0.4 is 9.46 Å². The van der Waals surface area contributed by atoms with Crippen LogP contribution in [-0.4, -0.2) is 21.4 Å². The highest BCUT2D eigenvalue weighted by Crippen LogP contribution is 2.27. The van der Waals surface area contributed by atoms with Crippen LogP contribution in [-0.2, 0) is 21.2 Å². The Morgan fingerprint density at radius 1 is 1.00 bits per heavy atom. The molecular formula is C27H21BrClNO4S. The fourth-order valence-electron chi connectivity index (χ4n) is 3.70. The van der Waals surface area contributed by atoms with Crippen molar-refractivity contribution in [1.82, 2.24) is 4.72 Å². The summed E-state index contributed by atoms with van der Waals surface area (Å²) >= 11 is 9.44. The van der Waals surface area contributed by atoms with E-state index in [0.29, 0.717) is 15.9 Å². The Labute approximate surface area is 217 Å². The molecule has 1 N–H and O–H groups in total. The fraction of sp³-hybridized carbons (Fsp3) is 0.0741. The standard InChI is InChI=1S/C27H21BrClNO4S/c1-34-25-12-10-23(28)17-26(25)35(32,33)30-27(31)13-9-22-16-24(29)11-8-21(22)15-18-6-7-19-4-2-3-5-20(19)14-18/h2-14,16-17H,15H2,1H3,(H,30,31)/b13-9+. The summed E-state index contributed by atoms with van der Waals surface area (Å²) in [6.07, 6.45) is 3.36. The highest BCUT2D eigenvalue weighted by molar-refractivity contribution is 9.10. The van der Waals surface area contributed by atoms with Gasteiger partial charge in [-0.1, -0.05) is 76.1 Å². The first kappa shape index (κ1) is 25.0. The van der Waals surface area contributed by atoms with E-state index in [1.165, 1.54) is 25.3 Å². The molecule has 0 heterocycles. The molecule has 0 saturated carbocycles. The van der Waals surface area contributed by atoms with Crippen molar-refractivity contribution in [3.63, 3.8) is 0 Å². The van der Waals surface area contributed by atoms with Crippen molar-refractivity contribution >= 4 is 60.3 Å². The number of methoxy groups -OCH3 is 1. The third-order valence-corrected chi connectivity index (χ3v) is 7.48. The predicted molar refractivity (Wildman–Crippen MR) is 143 cm³/mol. The van der Waals surface area contributed by atoms with Gasteiger partial charge >= 0.3 is 0 Å². The van der Waals surface area contributed by atoms with Crippen LogP contribution in [0.4, 0.5) is 0 Å². The zero-order valence-corrected chi connectivity index (χ0v) is 21.8. The third kappa shape index (κ3) is 6.11. The van der Waals surface area contributed by atoms with Crippen molar-refractivity contribution in [2.75, 3.05) is 7.11 Å². The topological polar surface area (TPSA) is 72.5 Å². The van der Waals surface area contributed by atoms with E-state index < -0.39 is 15.9 Å². The summed E-state index contributed by atoms with van der Waals surface area (Å²) in [6, 6.07) is 24.4. The van der Waals surface area contributed by atoms with Crippen LogP contribution in [0.2, 0.25) is 5.02 Å². The highest BCUT2D eigenvalue weighted by Gasteiger charge is 2.21. The van der Waals surface area contributed by atoms with Gasteiger partial charge < -0.3 is 4.74 Å². The van der Waals surface area contributed by atoms with Crippen molar-refractivity contribution < 1.29 is 17.9 Å². The molecule has 0 aliphatic rings. The lowest BCUT2D eigenvalue weighted by atomic mass is 9.97. The molecule has 0 aliphatic carbocycles. The first-order valence-corrected chi connectivity index (χ1v) is 13.2. The van der Waals surface area contributed by atoms with Gasteiger partial charge in [0.2, 0.25) is 0 Å². The van der Waals surface area contributed by atoms with E-state index in [2.05, 4.69) is 51.0 Å². The van der Waals surface area contributed by atoms with Crippen LogP contribution in [0, 0.1) is 0 Å². The number of carbonyl (C=O) groups excluding carboxylic acids is 1. The second kappa shape index (κ2) is 10.6. The molecule has 0 saturated heterocycles. The molecule has 0 radical (unpaired) electrons. The maximum Gasteiger partial charge on any atom is 0.268 e. The number of sulfonamides is 1. The number of nitrogens with one attached hydrogen (secondary N) is 1. The normalized spacial score (nSPS) is 11.6. The van der Waals surface area contributed by atoms with E-state index >= 15 is 0 Å². The second-order valence-corrected chi connectivity index (χ2v) is 10.8. The molecule has 0 aromatic heterocycles. The minimum atomic E-state index is -4.15. The van der Waals surface area contributed by atoms with E-state index in [0.717, 1.165) is 27.5 Å². The average Bonchev–Trinajstić information content (AvgIpc) is 2.84. The minimum Gasteiger partial charge on any atom is -0.495 e. The molecule has 5 nitrogen and oxygen atoms in total. The van der Waals surface area contributed by atoms with Crippen LogP contribution in [0.5, 0.6) is 5.75 Å². The smallest absolute Gasteiger partial charge is 0.268 e. The molecule has 4 aromatic carbocycles. The molecular weight excluding hydrogens is 550 g/mol. The summed E-state index contributed by atoms with van der Waals surface area (Å²) in [5.74, 6) is -0.659. The van der Waals surface area contributed by atoms with Gasteiger partial charge in [0.05, 0.1) is 7.11 Å². The first-order chi connectivity index (χ1) is 16.7. The monoisotopic (exact) mass is 569 g/mol. The van der Waals surface area contributed by atoms with Crippen LogP contribution in [0.15, 0.2) is 94.3 Å². The van der Waals surface area contributed by atoms with Gasteiger partial charge in [-0.15, -0.1) is 0 Å². The SMILES string of the molecule is COc1ccc(Br)cc1S(=O)(=O)NC(=O)/C=C/c1cc(Cl)ccc1Cc1ccc2ccccc2c1. The Morgan fingerprint density at radius 3 is 2.54 bits per heavy atom. The molecule has 0 fully saturated rings. The van der Waals surface area contributed by atoms with Gasteiger partial charge in [0, 0.05) is 15.6 Å². The van der Waals surface area contributed by atoms with Gasteiger partial charge in [-0.05, 0) is 70.3 Å². The van der Waals surface area contributed by atoms with Gasteiger partial charge in [-0.2, -0.15) is 0 Å². The van der Waals surface area contributed by atoms with E-state index in [-0.39, 0.29) is 10.6 Å². The van der Waals surface area contributed by atoms with Gasteiger partial charge in [-0.3, -0.25) is 4.79 Å². The molecule has 0 bridgehead atoms. The number of amides is 1. The molecule has 4 aromatic rings. The zero-order valence-electron chi connectivity index (χ0n) is 18.7. The quantitative estimate of drug-likeness (QED) is 0.262. The van der Waals surface area contributed by atoms with Crippen LogP contribution in [0.1, 0.15) is 16.7 Å². The molecule has 0 atom stereocenters. The van der Waals surface area contributed by atoms with Crippen LogP contribution in [0.3, 0.4) is 0 Å². The summed E-state index contributed by atoms with van der Waals surface area (Å²) in [4.78, 5) is 12.4. The molecule has 8 heteroatoms. The Balaban J connectivity index is 1.56. The number of ether oxygens (including phenoxy) is 1. The number of rotatable bonds is 7. The lowest BCUT2D eigenvalue weighted by Crippen LogP contribution is -2.29. The molecule has 4 rings (SSSR count). The number of fused-ring (bicyclic) bond motifs is 1. The average molecular weight is 571 g/mol. The Bertz CT molecular complexity index is 1550. The first-order valence-electron chi connectivity index (χ1n) is 10.6. The number of halogens is 2. The van der Waals surface area contributed by atoms with Crippen molar-refractivity contribution in [3.05, 3.63) is 111 Å². The number of carbonyl (C=O) groups is 1. The summed E-state index contributed by atoms with van der Waals surface area (Å²) in [5, 5.41) is 2.81. The fourth-order valence-corrected chi connectivity index (χ4v) is 5.53. The molecule has 0 spiro atoms. The van der Waals surface area contributed by atoms with E-state index in [9.17, 15) is 13.2 Å².